The number of carbonyl (C=O) groups excluding carboxylic acids is 1. The van der Waals surface area contributed by atoms with Crippen molar-refractivity contribution in [2.45, 2.75) is 26.7 Å². The molecule has 0 spiro atoms. The summed E-state index contributed by atoms with van der Waals surface area (Å²) in [7, 11) is 0. The van der Waals surface area contributed by atoms with E-state index in [1.807, 2.05) is 19.9 Å². The summed E-state index contributed by atoms with van der Waals surface area (Å²) in [4.78, 5) is 11.3. The van der Waals surface area contributed by atoms with Crippen LogP contribution in [0.2, 0.25) is 0 Å². The molecule has 0 amide bonds. The molecule has 2 rings (SSSR count). The van der Waals surface area contributed by atoms with Crippen molar-refractivity contribution >= 4 is 11.9 Å². The second-order valence-corrected chi connectivity index (χ2v) is 4.98. The maximum absolute atomic E-state index is 11.3. The monoisotopic (exact) mass is 238 g/mol. The van der Waals surface area contributed by atoms with Gasteiger partial charge in [-0.2, -0.15) is 0 Å². The van der Waals surface area contributed by atoms with Gasteiger partial charge in [0.05, 0.1) is 0 Å². The first-order valence-electron chi connectivity index (χ1n) is 6.20. The minimum Gasteiger partial charge on any atom is -0.298 e. The normalized spacial score (nSPS) is 14.1. The molecular weight excluding hydrogens is 220 g/mol. The van der Waals surface area contributed by atoms with E-state index < -0.39 is 0 Å². The third-order valence-electron chi connectivity index (χ3n) is 3.19. The number of hydrogen-bond donors (Lipinski definition) is 0. The van der Waals surface area contributed by atoms with Crippen molar-refractivity contribution in [2.24, 2.45) is 0 Å². The van der Waals surface area contributed by atoms with E-state index in [0.717, 1.165) is 41.4 Å². The highest BCUT2D eigenvalue weighted by atomic mass is 16.1. The molecule has 0 radical (unpaired) electrons. The summed E-state index contributed by atoms with van der Waals surface area (Å²) in [6, 6.07) is 6.32. The van der Waals surface area contributed by atoms with Gasteiger partial charge in [-0.3, -0.25) is 4.79 Å². The second-order valence-electron chi connectivity index (χ2n) is 4.98. The summed E-state index contributed by atoms with van der Waals surface area (Å²) in [6.07, 6.45) is 6.88. The van der Waals surface area contributed by atoms with E-state index in [9.17, 15) is 4.79 Å². The van der Waals surface area contributed by atoms with Gasteiger partial charge in [0.2, 0.25) is 0 Å². The zero-order chi connectivity index (χ0) is 13.1. The highest BCUT2D eigenvalue weighted by Crippen LogP contribution is 2.25. The van der Waals surface area contributed by atoms with E-state index >= 15 is 0 Å². The lowest BCUT2D eigenvalue weighted by Crippen LogP contribution is -1.98. The van der Waals surface area contributed by atoms with Crippen molar-refractivity contribution in [2.75, 3.05) is 0 Å². The molecular formula is C17H18O. The first-order chi connectivity index (χ1) is 8.60. The Labute approximate surface area is 109 Å². The lowest BCUT2D eigenvalue weighted by Gasteiger charge is -2.13. The van der Waals surface area contributed by atoms with Gasteiger partial charge in [0.1, 0.15) is 0 Å². The molecule has 92 valence electrons. The lowest BCUT2D eigenvalue weighted by atomic mass is 9.91. The van der Waals surface area contributed by atoms with Gasteiger partial charge in [0, 0.05) is 5.57 Å². The van der Waals surface area contributed by atoms with Crippen LogP contribution in [0.25, 0.3) is 5.57 Å². The van der Waals surface area contributed by atoms with E-state index in [1.165, 1.54) is 11.1 Å². The van der Waals surface area contributed by atoms with E-state index in [1.54, 1.807) is 0 Å². The summed E-state index contributed by atoms with van der Waals surface area (Å²) >= 11 is 0. The smallest absolute Gasteiger partial charge is 0.150 e. The lowest BCUT2D eigenvalue weighted by molar-refractivity contribution is -0.103. The number of aldehydes is 1. The molecule has 2 bridgehead atoms. The molecule has 1 aliphatic rings. The average molecular weight is 238 g/mol. The Hall–Kier alpha value is -1.89. The fraction of sp³-hybridized carbons (Fsp3) is 0.235. The first kappa shape index (κ1) is 12.6. The third-order valence-corrected chi connectivity index (χ3v) is 3.19. The summed E-state index contributed by atoms with van der Waals surface area (Å²) in [5, 5.41) is 0. The summed E-state index contributed by atoms with van der Waals surface area (Å²) < 4.78 is 0. The van der Waals surface area contributed by atoms with Gasteiger partial charge in [-0.15, -0.1) is 0 Å². The third kappa shape index (κ3) is 2.67. The average Bonchev–Trinajstić information content (AvgIpc) is 2.31. The minimum absolute atomic E-state index is 0.765. The molecule has 1 aromatic carbocycles. The van der Waals surface area contributed by atoms with E-state index in [2.05, 4.69) is 30.9 Å². The zero-order valence-electron chi connectivity index (χ0n) is 11.0. The summed E-state index contributed by atoms with van der Waals surface area (Å²) in [5.74, 6) is 0. The van der Waals surface area contributed by atoms with E-state index in [-0.39, 0.29) is 0 Å². The second kappa shape index (κ2) is 5.18. The highest BCUT2D eigenvalue weighted by molar-refractivity contribution is 6.08. The van der Waals surface area contributed by atoms with Crippen LogP contribution in [-0.2, 0) is 11.2 Å². The Morgan fingerprint density at radius 2 is 2.22 bits per heavy atom. The molecule has 0 atom stereocenters. The quantitative estimate of drug-likeness (QED) is 0.574. The Bertz CT molecular complexity index is 559. The first-order valence-corrected chi connectivity index (χ1v) is 6.20. The van der Waals surface area contributed by atoms with Crippen molar-refractivity contribution < 1.29 is 4.79 Å². The van der Waals surface area contributed by atoms with Crippen LogP contribution in [0.5, 0.6) is 0 Å². The largest absolute Gasteiger partial charge is 0.298 e. The van der Waals surface area contributed by atoms with Gasteiger partial charge in [-0.1, -0.05) is 36.4 Å². The maximum atomic E-state index is 11.3. The molecule has 0 aliphatic heterocycles. The minimum atomic E-state index is 0.765. The van der Waals surface area contributed by atoms with Crippen molar-refractivity contribution in [1.29, 1.82) is 0 Å². The summed E-state index contributed by atoms with van der Waals surface area (Å²) in [5.41, 5.74) is 6.51. The number of allylic oxidation sites excluding steroid dienone is 5. The zero-order valence-corrected chi connectivity index (χ0v) is 11.0. The number of rotatable bonds is 3. The van der Waals surface area contributed by atoms with Gasteiger partial charge in [0.25, 0.3) is 0 Å². The van der Waals surface area contributed by atoms with Crippen LogP contribution < -0.4 is 0 Å². The molecule has 0 saturated heterocycles. The van der Waals surface area contributed by atoms with Crippen molar-refractivity contribution in [3.63, 3.8) is 0 Å². The van der Waals surface area contributed by atoms with Crippen LogP contribution in [0.15, 0.2) is 48.1 Å². The Morgan fingerprint density at radius 3 is 2.89 bits per heavy atom. The Morgan fingerprint density at radius 1 is 1.44 bits per heavy atom. The van der Waals surface area contributed by atoms with Crippen LogP contribution in [0.3, 0.4) is 0 Å². The SMILES string of the molecule is C=C(C)CC1=CCc2ccc(C)c(c2)C(C=O)=C1. The maximum Gasteiger partial charge on any atom is 0.150 e. The molecule has 0 heterocycles. The molecule has 1 aliphatic carbocycles. The molecule has 1 nitrogen and oxygen atoms in total. The Balaban J connectivity index is 2.51. The highest BCUT2D eigenvalue weighted by Gasteiger charge is 2.09. The predicted molar refractivity (Wildman–Crippen MR) is 76.4 cm³/mol. The van der Waals surface area contributed by atoms with Crippen molar-refractivity contribution in [1.82, 2.24) is 0 Å². The molecule has 18 heavy (non-hydrogen) atoms. The number of benzene rings is 1. The van der Waals surface area contributed by atoms with Gasteiger partial charge in [-0.25, -0.2) is 0 Å². The molecule has 0 fully saturated rings. The topological polar surface area (TPSA) is 17.1 Å². The number of hydrogen-bond acceptors (Lipinski definition) is 1. The molecule has 1 heteroatoms. The predicted octanol–water partition coefficient (Wildman–Crippen LogP) is 4.03. The molecule has 0 N–H and O–H groups in total. The fourth-order valence-electron chi connectivity index (χ4n) is 2.26. The standard InChI is InChI=1S/C17H18O/c1-12(2)8-15-7-6-14-5-4-13(3)17(10-14)16(9-15)11-18/h4-5,7,9-11H,1,6,8H2,2-3H3. The van der Waals surface area contributed by atoms with Gasteiger partial charge >= 0.3 is 0 Å². The van der Waals surface area contributed by atoms with Gasteiger partial charge in [0.15, 0.2) is 6.29 Å². The fourth-order valence-corrected chi connectivity index (χ4v) is 2.26. The van der Waals surface area contributed by atoms with E-state index in [4.69, 9.17) is 0 Å². The number of carbonyl (C=O) groups is 1. The molecule has 0 aromatic heterocycles. The van der Waals surface area contributed by atoms with Crippen molar-refractivity contribution in [3.05, 3.63) is 64.8 Å². The van der Waals surface area contributed by atoms with Crippen LogP contribution in [0.4, 0.5) is 0 Å². The van der Waals surface area contributed by atoms with Crippen LogP contribution in [0, 0.1) is 6.92 Å². The molecule has 1 aromatic rings. The van der Waals surface area contributed by atoms with Gasteiger partial charge in [-0.05, 0) is 55.0 Å². The van der Waals surface area contributed by atoms with Gasteiger partial charge < -0.3 is 0 Å². The van der Waals surface area contributed by atoms with E-state index in [0.29, 0.717) is 0 Å². The Kier molecular flexibility index (Phi) is 3.61. The van der Waals surface area contributed by atoms with Crippen molar-refractivity contribution in [3.8, 4) is 0 Å². The van der Waals surface area contributed by atoms with Crippen LogP contribution >= 0.6 is 0 Å². The van der Waals surface area contributed by atoms with Crippen LogP contribution in [-0.4, -0.2) is 6.29 Å². The molecule has 0 saturated carbocycles. The number of aryl methyl sites for hydroxylation is 1. The summed E-state index contributed by atoms with van der Waals surface area (Å²) in [6.45, 7) is 8.00. The number of fused-ring (bicyclic) bond motifs is 2. The van der Waals surface area contributed by atoms with Crippen LogP contribution in [0.1, 0.15) is 30.0 Å². The molecule has 0 unspecified atom stereocenters.